The van der Waals surface area contributed by atoms with Crippen LogP contribution in [0.4, 0.5) is 13.2 Å². The van der Waals surface area contributed by atoms with Gasteiger partial charge in [-0.2, -0.15) is 13.2 Å². The van der Waals surface area contributed by atoms with Crippen molar-refractivity contribution in [2.24, 2.45) is 5.92 Å². The van der Waals surface area contributed by atoms with Gasteiger partial charge in [0.15, 0.2) is 5.78 Å². The van der Waals surface area contributed by atoms with Crippen LogP contribution in [-0.4, -0.2) is 10.8 Å². The average Bonchev–Trinajstić information content (AvgIpc) is 2.80. The van der Waals surface area contributed by atoms with E-state index in [-0.39, 0.29) is 11.5 Å². The summed E-state index contributed by atoms with van der Waals surface area (Å²) in [5.74, 6) is -0.678. The monoisotopic (exact) mass is 243 g/mol. The Morgan fingerprint density at radius 1 is 1.29 bits per heavy atom. The standard InChI is InChI=1S/C12H12F3NO/c13-12(14,15)10-5-6-16-7-9(10)11(17)8-3-1-2-4-8/h5-8H,1-4H2. The molecule has 1 aromatic heterocycles. The van der Waals surface area contributed by atoms with Crippen LogP contribution in [0.3, 0.4) is 0 Å². The largest absolute Gasteiger partial charge is 0.417 e. The topological polar surface area (TPSA) is 30.0 Å². The third kappa shape index (κ3) is 2.48. The lowest BCUT2D eigenvalue weighted by Gasteiger charge is -2.13. The molecule has 0 radical (unpaired) electrons. The number of ketones is 1. The molecule has 0 atom stereocenters. The molecule has 0 bridgehead atoms. The summed E-state index contributed by atoms with van der Waals surface area (Å²) in [4.78, 5) is 15.6. The maximum atomic E-state index is 12.7. The van der Waals surface area contributed by atoms with Gasteiger partial charge in [-0.3, -0.25) is 9.78 Å². The summed E-state index contributed by atoms with van der Waals surface area (Å²) in [7, 11) is 0. The highest BCUT2D eigenvalue weighted by molar-refractivity contribution is 5.99. The first-order chi connectivity index (χ1) is 8.00. The van der Waals surface area contributed by atoms with Gasteiger partial charge in [0.25, 0.3) is 0 Å². The molecule has 0 spiro atoms. The Hall–Kier alpha value is -1.39. The summed E-state index contributed by atoms with van der Waals surface area (Å²) in [5.41, 5.74) is -1.16. The van der Waals surface area contributed by atoms with E-state index in [0.717, 1.165) is 31.3 Å². The predicted octanol–water partition coefficient (Wildman–Crippen LogP) is 3.47. The minimum atomic E-state index is -4.49. The number of carbonyl (C=O) groups is 1. The number of pyridine rings is 1. The molecule has 1 aromatic rings. The molecule has 0 amide bonds. The quantitative estimate of drug-likeness (QED) is 0.744. The second-order valence-electron chi connectivity index (χ2n) is 4.26. The van der Waals surface area contributed by atoms with Gasteiger partial charge in [-0.25, -0.2) is 0 Å². The number of carbonyl (C=O) groups excluding carboxylic acids is 1. The minimum Gasteiger partial charge on any atom is -0.294 e. The Balaban J connectivity index is 2.34. The SMILES string of the molecule is O=C(c1cnccc1C(F)(F)F)C1CCCC1. The molecule has 2 rings (SSSR count). The van der Waals surface area contributed by atoms with Crippen molar-refractivity contribution < 1.29 is 18.0 Å². The Morgan fingerprint density at radius 2 is 1.94 bits per heavy atom. The Bertz CT molecular complexity index is 422. The zero-order valence-electron chi connectivity index (χ0n) is 9.13. The van der Waals surface area contributed by atoms with E-state index >= 15 is 0 Å². The summed E-state index contributed by atoms with van der Waals surface area (Å²) in [6.45, 7) is 0. The van der Waals surface area contributed by atoms with Gasteiger partial charge in [-0.05, 0) is 18.9 Å². The average molecular weight is 243 g/mol. The van der Waals surface area contributed by atoms with E-state index in [0.29, 0.717) is 12.8 Å². The molecule has 0 aromatic carbocycles. The number of Topliss-reactive ketones (excluding diaryl/α,β-unsaturated/α-hetero) is 1. The first-order valence-corrected chi connectivity index (χ1v) is 5.55. The molecule has 1 aliphatic rings. The molecular weight excluding hydrogens is 231 g/mol. The smallest absolute Gasteiger partial charge is 0.294 e. The molecule has 1 aliphatic carbocycles. The van der Waals surface area contributed by atoms with E-state index in [1.807, 2.05) is 0 Å². The number of hydrogen-bond donors (Lipinski definition) is 0. The van der Waals surface area contributed by atoms with Gasteiger partial charge in [-0.15, -0.1) is 0 Å². The van der Waals surface area contributed by atoms with Gasteiger partial charge in [0.1, 0.15) is 0 Å². The fourth-order valence-electron chi connectivity index (χ4n) is 2.25. The van der Waals surface area contributed by atoms with Crippen LogP contribution in [-0.2, 0) is 6.18 Å². The van der Waals surface area contributed by atoms with Crippen LogP contribution in [0.25, 0.3) is 0 Å². The second-order valence-corrected chi connectivity index (χ2v) is 4.26. The van der Waals surface area contributed by atoms with Gasteiger partial charge >= 0.3 is 6.18 Å². The third-order valence-electron chi connectivity index (χ3n) is 3.12. The highest BCUT2D eigenvalue weighted by atomic mass is 19.4. The van der Waals surface area contributed by atoms with Crippen molar-refractivity contribution in [1.29, 1.82) is 0 Å². The van der Waals surface area contributed by atoms with Crippen LogP contribution in [0.2, 0.25) is 0 Å². The molecule has 5 heteroatoms. The lowest BCUT2D eigenvalue weighted by atomic mass is 9.94. The Kier molecular flexibility index (Phi) is 3.17. The molecule has 1 saturated carbocycles. The van der Waals surface area contributed by atoms with Crippen LogP contribution in [0.1, 0.15) is 41.6 Å². The molecule has 0 saturated heterocycles. The zero-order chi connectivity index (χ0) is 12.5. The fraction of sp³-hybridized carbons (Fsp3) is 0.500. The predicted molar refractivity (Wildman–Crippen MR) is 55.5 cm³/mol. The van der Waals surface area contributed by atoms with Crippen LogP contribution in [0, 0.1) is 5.92 Å². The van der Waals surface area contributed by atoms with Crippen molar-refractivity contribution in [3.63, 3.8) is 0 Å². The molecule has 0 N–H and O–H groups in total. The number of aromatic nitrogens is 1. The van der Waals surface area contributed by atoms with Gasteiger partial charge in [-0.1, -0.05) is 12.8 Å². The van der Waals surface area contributed by atoms with Crippen molar-refractivity contribution in [3.05, 3.63) is 29.6 Å². The molecule has 0 aliphatic heterocycles. The molecule has 0 unspecified atom stereocenters. The molecule has 92 valence electrons. The maximum Gasteiger partial charge on any atom is 0.417 e. The van der Waals surface area contributed by atoms with Gasteiger partial charge in [0.2, 0.25) is 0 Å². The van der Waals surface area contributed by atoms with Gasteiger partial charge in [0, 0.05) is 23.9 Å². The molecule has 1 fully saturated rings. The van der Waals surface area contributed by atoms with Crippen LogP contribution >= 0.6 is 0 Å². The highest BCUT2D eigenvalue weighted by Gasteiger charge is 2.37. The highest BCUT2D eigenvalue weighted by Crippen LogP contribution is 2.35. The summed E-state index contributed by atoms with van der Waals surface area (Å²) in [6.07, 6.45) is 0.802. The lowest BCUT2D eigenvalue weighted by molar-refractivity contribution is -0.138. The molecular formula is C12H12F3NO. The van der Waals surface area contributed by atoms with Crippen molar-refractivity contribution in [1.82, 2.24) is 4.98 Å². The first kappa shape index (κ1) is 12.1. The van der Waals surface area contributed by atoms with E-state index in [1.165, 1.54) is 0 Å². The molecule has 1 heterocycles. The van der Waals surface area contributed by atoms with Crippen molar-refractivity contribution >= 4 is 5.78 Å². The minimum absolute atomic E-state index is 0.264. The lowest BCUT2D eigenvalue weighted by Crippen LogP contribution is -2.18. The van der Waals surface area contributed by atoms with E-state index in [2.05, 4.69) is 4.98 Å². The summed E-state index contributed by atoms with van der Waals surface area (Å²) < 4.78 is 38.1. The number of halogens is 3. The maximum absolute atomic E-state index is 12.7. The Labute approximate surface area is 96.9 Å². The first-order valence-electron chi connectivity index (χ1n) is 5.55. The molecule has 2 nitrogen and oxygen atoms in total. The van der Waals surface area contributed by atoms with Crippen LogP contribution in [0.5, 0.6) is 0 Å². The normalized spacial score (nSPS) is 17.4. The van der Waals surface area contributed by atoms with Gasteiger partial charge < -0.3 is 0 Å². The van der Waals surface area contributed by atoms with Crippen LogP contribution < -0.4 is 0 Å². The van der Waals surface area contributed by atoms with Crippen molar-refractivity contribution in [2.75, 3.05) is 0 Å². The number of rotatable bonds is 2. The van der Waals surface area contributed by atoms with E-state index in [1.54, 1.807) is 0 Å². The number of alkyl halides is 3. The summed E-state index contributed by atoms with van der Waals surface area (Å²) >= 11 is 0. The number of hydrogen-bond acceptors (Lipinski definition) is 2. The Morgan fingerprint density at radius 3 is 2.53 bits per heavy atom. The summed E-state index contributed by atoms with van der Waals surface area (Å²) in [6, 6.07) is 0.863. The van der Waals surface area contributed by atoms with Crippen molar-refractivity contribution in [2.45, 2.75) is 31.9 Å². The van der Waals surface area contributed by atoms with Gasteiger partial charge in [0.05, 0.1) is 5.56 Å². The second kappa shape index (κ2) is 4.47. The number of nitrogens with zero attached hydrogens (tertiary/aromatic N) is 1. The van der Waals surface area contributed by atoms with Crippen molar-refractivity contribution in [3.8, 4) is 0 Å². The summed E-state index contributed by atoms with van der Waals surface area (Å²) in [5, 5.41) is 0. The molecule has 17 heavy (non-hydrogen) atoms. The fourth-order valence-corrected chi connectivity index (χ4v) is 2.25. The van der Waals surface area contributed by atoms with Crippen LogP contribution in [0.15, 0.2) is 18.5 Å². The van der Waals surface area contributed by atoms with E-state index in [4.69, 9.17) is 0 Å². The zero-order valence-corrected chi connectivity index (χ0v) is 9.13. The third-order valence-corrected chi connectivity index (χ3v) is 3.12. The van der Waals surface area contributed by atoms with E-state index in [9.17, 15) is 18.0 Å². The van der Waals surface area contributed by atoms with E-state index < -0.39 is 17.5 Å².